The van der Waals surface area contributed by atoms with Crippen LogP contribution in [-0.4, -0.2) is 23.5 Å². The number of rotatable bonds is 5. The quantitative estimate of drug-likeness (QED) is 0.864. The summed E-state index contributed by atoms with van der Waals surface area (Å²) in [4.78, 5) is 26.0. The van der Waals surface area contributed by atoms with Gasteiger partial charge in [0, 0.05) is 19.5 Å². The molecule has 2 N–H and O–H groups in total. The van der Waals surface area contributed by atoms with Crippen molar-refractivity contribution in [3.05, 3.63) is 65.0 Å². The van der Waals surface area contributed by atoms with Gasteiger partial charge in [-0.3, -0.25) is 9.59 Å². The Morgan fingerprint density at radius 1 is 1.27 bits per heavy atom. The van der Waals surface area contributed by atoms with Crippen molar-refractivity contribution in [2.24, 2.45) is 5.92 Å². The molecule has 0 aliphatic carbocycles. The van der Waals surface area contributed by atoms with E-state index < -0.39 is 11.7 Å². The normalized spacial score (nSPS) is 16.8. The van der Waals surface area contributed by atoms with E-state index in [-0.39, 0.29) is 37.1 Å². The minimum absolute atomic E-state index is 0.0595. The monoisotopic (exact) mass is 356 g/mol. The lowest BCUT2D eigenvalue weighted by atomic mass is 10.1. The smallest absolute Gasteiger partial charge is 0.227 e. The number of carbonyl (C=O) groups is 2. The van der Waals surface area contributed by atoms with E-state index in [9.17, 15) is 14.0 Å². The molecule has 5 nitrogen and oxygen atoms in total. The van der Waals surface area contributed by atoms with E-state index in [2.05, 4.69) is 5.32 Å². The number of aliphatic hydroxyl groups is 1. The zero-order valence-corrected chi connectivity index (χ0v) is 14.5. The first-order chi connectivity index (χ1) is 12.5. The zero-order valence-electron chi connectivity index (χ0n) is 14.5. The van der Waals surface area contributed by atoms with Gasteiger partial charge in [-0.2, -0.15) is 0 Å². The van der Waals surface area contributed by atoms with Crippen molar-refractivity contribution in [2.75, 3.05) is 11.4 Å². The number of benzene rings is 2. The molecule has 2 aromatic rings. The molecule has 1 saturated heterocycles. The standard InChI is InChI=1S/C20H21FN2O3/c1-13-5-6-18(17(21)7-13)23-11-16(9-19(23)25)20(26)22-10-14-3-2-4-15(8-14)12-24/h2-8,16,24H,9-12H2,1H3,(H,22,26). The van der Waals surface area contributed by atoms with Gasteiger partial charge >= 0.3 is 0 Å². The fraction of sp³-hybridized carbons (Fsp3) is 0.300. The topological polar surface area (TPSA) is 69.6 Å². The molecule has 1 atom stereocenters. The van der Waals surface area contributed by atoms with Gasteiger partial charge in [0.05, 0.1) is 18.2 Å². The lowest BCUT2D eigenvalue weighted by molar-refractivity contribution is -0.126. The number of nitrogens with zero attached hydrogens (tertiary/aromatic N) is 1. The third-order valence-corrected chi connectivity index (χ3v) is 4.53. The van der Waals surface area contributed by atoms with E-state index in [1.165, 1.54) is 11.0 Å². The molecule has 2 aromatic carbocycles. The van der Waals surface area contributed by atoms with E-state index in [0.717, 1.165) is 16.7 Å². The number of halogens is 1. The Bertz CT molecular complexity index is 838. The molecule has 0 spiro atoms. The van der Waals surface area contributed by atoms with Gasteiger partial charge in [0.2, 0.25) is 11.8 Å². The molecule has 0 bridgehead atoms. The molecule has 3 rings (SSSR count). The highest BCUT2D eigenvalue weighted by Gasteiger charge is 2.36. The molecule has 1 aliphatic heterocycles. The Labute approximate surface area is 151 Å². The van der Waals surface area contributed by atoms with Crippen LogP contribution in [0.15, 0.2) is 42.5 Å². The summed E-state index contributed by atoms with van der Waals surface area (Å²) >= 11 is 0. The van der Waals surface area contributed by atoms with Crippen LogP contribution in [0.25, 0.3) is 0 Å². The number of nitrogens with one attached hydrogen (secondary N) is 1. The molecule has 136 valence electrons. The Kier molecular flexibility index (Phi) is 5.32. The van der Waals surface area contributed by atoms with Gasteiger partial charge in [0.15, 0.2) is 0 Å². The highest BCUT2D eigenvalue weighted by atomic mass is 19.1. The van der Waals surface area contributed by atoms with Crippen LogP contribution in [0.5, 0.6) is 0 Å². The van der Waals surface area contributed by atoms with Gasteiger partial charge < -0.3 is 15.3 Å². The van der Waals surface area contributed by atoms with Crippen molar-refractivity contribution in [1.82, 2.24) is 5.32 Å². The summed E-state index contributed by atoms with van der Waals surface area (Å²) < 4.78 is 14.1. The molecule has 0 aromatic heterocycles. The number of hydrogen-bond donors (Lipinski definition) is 2. The number of aliphatic hydroxyl groups excluding tert-OH is 1. The second-order valence-corrected chi connectivity index (χ2v) is 6.56. The van der Waals surface area contributed by atoms with Crippen molar-refractivity contribution < 1.29 is 19.1 Å². The molecule has 0 saturated carbocycles. The predicted octanol–water partition coefficient (Wildman–Crippen LogP) is 2.30. The average molecular weight is 356 g/mol. The highest BCUT2D eigenvalue weighted by Crippen LogP contribution is 2.28. The van der Waals surface area contributed by atoms with Gasteiger partial charge in [0.1, 0.15) is 5.82 Å². The number of amides is 2. The maximum atomic E-state index is 14.1. The average Bonchev–Trinajstić information content (AvgIpc) is 3.01. The maximum absolute atomic E-state index is 14.1. The molecule has 1 heterocycles. The summed E-state index contributed by atoms with van der Waals surface area (Å²) in [6, 6.07) is 12.0. The molecule has 0 radical (unpaired) electrons. The van der Waals surface area contributed by atoms with E-state index >= 15 is 0 Å². The van der Waals surface area contributed by atoms with Crippen LogP contribution in [0.2, 0.25) is 0 Å². The Hall–Kier alpha value is -2.73. The lowest BCUT2D eigenvalue weighted by Crippen LogP contribution is -2.32. The minimum atomic E-state index is -0.510. The molecule has 1 aliphatic rings. The van der Waals surface area contributed by atoms with Gasteiger partial charge in [-0.05, 0) is 35.7 Å². The molecule has 6 heteroatoms. The van der Waals surface area contributed by atoms with E-state index in [1.54, 1.807) is 25.1 Å². The van der Waals surface area contributed by atoms with E-state index in [1.807, 2.05) is 18.2 Å². The molecule has 26 heavy (non-hydrogen) atoms. The summed E-state index contributed by atoms with van der Waals surface area (Å²) in [6.45, 7) is 2.20. The molecular formula is C20H21FN2O3. The van der Waals surface area contributed by atoms with Crippen molar-refractivity contribution >= 4 is 17.5 Å². The van der Waals surface area contributed by atoms with Gasteiger partial charge in [-0.1, -0.05) is 30.3 Å². The molecule has 2 amide bonds. The Morgan fingerprint density at radius 3 is 2.77 bits per heavy atom. The predicted molar refractivity (Wildman–Crippen MR) is 95.8 cm³/mol. The van der Waals surface area contributed by atoms with Crippen molar-refractivity contribution in [1.29, 1.82) is 0 Å². The van der Waals surface area contributed by atoms with Crippen LogP contribution in [0.3, 0.4) is 0 Å². The largest absolute Gasteiger partial charge is 0.392 e. The van der Waals surface area contributed by atoms with E-state index in [0.29, 0.717) is 6.54 Å². The Balaban J connectivity index is 1.63. The molecule has 1 fully saturated rings. The first kappa shape index (κ1) is 18.1. The van der Waals surface area contributed by atoms with Crippen molar-refractivity contribution in [3.8, 4) is 0 Å². The molecular weight excluding hydrogens is 335 g/mol. The van der Waals surface area contributed by atoms with Gasteiger partial charge in [0.25, 0.3) is 0 Å². The fourth-order valence-corrected chi connectivity index (χ4v) is 3.12. The van der Waals surface area contributed by atoms with Crippen molar-refractivity contribution in [2.45, 2.75) is 26.5 Å². The van der Waals surface area contributed by atoms with Crippen LogP contribution >= 0.6 is 0 Å². The number of aryl methyl sites for hydroxylation is 1. The maximum Gasteiger partial charge on any atom is 0.227 e. The zero-order chi connectivity index (χ0) is 18.7. The number of hydrogen-bond acceptors (Lipinski definition) is 3. The Morgan fingerprint density at radius 2 is 2.04 bits per heavy atom. The first-order valence-corrected chi connectivity index (χ1v) is 8.51. The van der Waals surface area contributed by atoms with Gasteiger partial charge in [-0.15, -0.1) is 0 Å². The fourth-order valence-electron chi connectivity index (χ4n) is 3.12. The SMILES string of the molecule is Cc1ccc(N2CC(C(=O)NCc3cccc(CO)c3)CC2=O)c(F)c1. The van der Waals surface area contributed by atoms with Crippen LogP contribution in [0.4, 0.5) is 10.1 Å². The number of anilines is 1. The summed E-state index contributed by atoms with van der Waals surface area (Å²) in [6.07, 6.45) is 0.0653. The summed E-state index contributed by atoms with van der Waals surface area (Å²) in [5.74, 6) is -1.46. The second-order valence-electron chi connectivity index (χ2n) is 6.56. The number of carbonyl (C=O) groups excluding carboxylic acids is 2. The summed E-state index contributed by atoms with van der Waals surface area (Å²) in [7, 11) is 0. The lowest BCUT2D eigenvalue weighted by Gasteiger charge is -2.18. The van der Waals surface area contributed by atoms with Crippen molar-refractivity contribution in [3.63, 3.8) is 0 Å². The van der Waals surface area contributed by atoms with Crippen LogP contribution in [-0.2, 0) is 22.7 Å². The summed E-state index contributed by atoms with van der Waals surface area (Å²) in [5.41, 5.74) is 2.63. The van der Waals surface area contributed by atoms with Crippen LogP contribution in [0, 0.1) is 18.7 Å². The highest BCUT2D eigenvalue weighted by molar-refractivity contribution is 6.00. The van der Waals surface area contributed by atoms with Crippen LogP contribution in [0.1, 0.15) is 23.1 Å². The minimum Gasteiger partial charge on any atom is -0.392 e. The molecule has 1 unspecified atom stereocenters. The second kappa shape index (κ2) is 7.66. The van der Waals surface area contributed by atoms with Gasteiger partial charge in [-0.25, -0.2) is 4.39 Å². The third-order valence-electron chi connectivity index (χ3n) is 4.53. The third kappa shape index (κ3) is 3.91. The van der Waals surface area contributed by atoms with Crippen LogP contribution < -0.4 is 10.2 Å². The van der Waals surface area contributed by atoms with E-state index in [4.69, 9.17) is 5.11 Å². The summed E-state index contributed by atoms with van der Waals surface area (Å²) in [5, 5.41) is 12.0. The first-order valence-electron chi connectivity index (χ1n) is 8.51.